The third-order valence-corrected chi connectivity index (χ3v) is 5.07. The minimum atomic E-state index is -3.46. The fraction of sp³-hybridized carbons (Fsp3) is 0.500. The van der Waals surface area contributed by atoms with Crippen LogP contribution in [0.3, 0.4) is 0 Å². The Balaban J connectivity index is 2.36. The minimum Gasteiger partial charge on any atom is -0.263 e. The van der Waals surface area contributed by atoms with Gasteiger partial charge < -0.3 is 0 Å². The number of aromatic nitrogens is 1. The Hall–Kier alpha value is -0.650. The van der Waals surface area contributed by atoms with Crippen molar-refractivity contribution in [1.29, 1.82) is 0 Å². The van der Waals surface area contributed by atoms with E-state index in [-0.39, 0.29) is 9.92 Å². The van der Waals surface area contributed by atoms with E-state index in [9.17, 15) is 8.42 Å². The lowest BCUT2D eigenvalue weighted by Gasteiger charge is -2.16. The van der Waals surface area contributed by atoms with Crippen LogP contribution < -0.4 is 0 Å². The van der Waals surface area contributed by atoms with Crippen molar-refractivity contribution in [1.82, 2.24) is 9.29 Å². The maximum Gasteiger partial charge on any atom is 0.246 e. The van der Waals surface area contributed by atoms with Crippen molar-refractivity contribution in [3.05, 3.63) is 23.5 Å². The maximum absolute atomic E-state index is 12.2. The summed E-state index contributed by atoms with van der Waals surface area (Å²) in [6, 6.07) is 1.49. The summed E-state index contributed by atoms with van der Waals surface area (Å²) in [5.41, 5.74) is 0. The molecule has 1 aromatic rings. The Bertz CT molecular complexity index is 489. The van der Waals surface area contributed by atoms with Gasteiger partial charge in [0.15, 0.2) is 0 Å². The molecule has 16 heavy (non-hydrogen) atoms. The van der Waals surface area contributed by atoms with E-state index in [2.05, 4.69) is 4.98 Å². The first kappa shape index (κ1) is 11.8. The third kappa shape index (κ3) is 2.07. The summed E-state index contributed by atoms with van der Waals surface area (Å²) in [5, 5.41) is 0.231. The first-order valence-corrected chi connectivity index (χ1v) is 6.93. The van der Waals surface area contributed by atoms with Crippen LogP contribution in [0.25, 0.3) is 0 Å². The second-order valence-electron chi connectivity index (χ2n) is 4.06. The lowest BCUT2D eigenvalue weighted by atomic mass is 10.2. The van der Waals surface area contributed by atoms with E-state index >= 15 is 0 Å². The molecule has 4 nitrogen and oxygen atoms in total. The van der Waals surface area contributed by atoms with Crippen molar-refractivity contribution < 1.29 is 8.42 Å². The van der Waals surface area contributed by atoms with E-state index in [1.807, 2.05) is 6.92 Å². The zero-order valence-corrected chi connectivity index (χ0v) is 10.5. The molecule has 1 fully saturated rings. The van der Waals surface area contributed by atoms with Gasteiger partial charge >= 0.3 is 0 Å². The molecular formula is C10H13ClN2O2S. The Labute approximate surface area is 100 Å². The summed E-state index contributed by atoms with van der Waals surface area (Å²) in [5.74, 6) is 0.408. The number of rotatable bonds is 2. The highest BCUT2D eigenvalue weighted by atomic mass is 35.5. The molecule has 0 N–H and O–H groups in total. The largest absolute Gasteiger partial charge is 0.263 e. The normalized spacial score (nSPS) is 22.5. The van der Waals surface area contributed by atoms with Crippen molar-refractivity contribution in [2.24, 2.45) is 5.92 Å². The summed E-state index contributed by atoms with van der Waals surface area (Å²) in [4.78, 5) is 3.91. The molecule has 0 radical (unpaired) electrons. The minimum absolute atomic E-state index is 0.103. The molecule has 0 amide bonds. The zero-order valence-electron chi connectivity index (χ0n) is 8.93. The highest BCUT2D eigenvalue weighted by Gasteiger charge is 2.31. The molecule has 1 aromatic heterocycles. The summed E-state index contributed by atoms with van der Waals surface area (Å²) in [6.45, 7) is 3.17. The molecule has 1 aliphatic rings. The third-order valence-electron chi connectivity index (χ3n) is 2.74. The number of sulfonamides is 1. The van der Waals surface area contributed by atoms with E-state index in [1.165, 1.54) is 22.8 Å². The van der Waals surface area contributed by atoms with Crippen molar-refractivity contribution in [3.8, 4) is 0 Å². The van der Waals surface area contributed by atoms with Crippen LogP contribution in [0.5, 0.6) is 0 Å². The molecule has 0 spiro atoms. The molecule has 0 aliphatic carbocycles. The van der Waals surface area contributed by atoms with Crippen molar-refractivity contribution >= 4 is 21.6 Å². The molecule has 0 aromatic carbocycles. The number of halogens is 1. The predicted molar refractivity (Wildman–Crippen MR) is 61.8 cm³/mol. The van der Waals surface area contributed by atoms with Crippen LogP contribution in [0.2, 0.25) is 5.02 Å². The summed E-state index contributed by atoms with van der Waals surface area (Å²) in [7, 11) is -3.46. The molecule has 88 valence electrons. The second kappa shape index (κ2) is 4.31. The van der Waals surface area contributed by atoms with Gasteiger partial charge in [-0.3, -0.25) is 4.98 Å². The fourth-order valence-corrected chi connectivity index (χ4v) is 3.79. The zero-order chi connectivity index (χ0) is 11.8. The second-order valence-corrected chi connectivity index (χ2v) is 6.38. The standard InChI is InChI=1S/C10H13ClN2O2S/c1-8-3-5-13(7-8)16(14,15)10-6-12-4-2-9(10)11/h2,4,6,8H,3,5,7H2,1H3. The molecule has 2 heterocycles. The van der Waals surface area contributed by atoms with Gasteiger partial charge in [0.2, 0.25) is 10.0 Å². The lowest BCUT2D eigenvalue weighted by molar-refractivity contribution is 0.464. The number of hydrogen-bond acceptors (Lipinski definition) is 3. The van der Waals surface area contributed by atoms with Crippen molar-refractivity contribution in [2.45, 2.75) is 18.2 Å². The first-order chi connectivity index (χ1) is 7.51. The predicted octanol–water partition coefficient (Wildman–Crippen LogP) is 1.77. The van der Waals surface area contributed by atoms with Gasteiger partial charge in [-0.1, -0.05) is 18.5 Å². The molecule has 6 heteroatoms. The Morgan fingerprint density at radius 2 is 2.31 bits per heavy atom. The monoisotopic (exact) mass is 260 g/mol. The fourth-order valence-electron chi connectivity index (χ4n) is 1.80. The number of pyridine rings is 1. The topological polar surface area (TPSA) is 50.3 Å². The lowest BCUT2D eigenvalue weighted by Crippen LogP contribution is -2.29. The number of nitrogens with zero attached hydrogens (tertiary/aromatic N) is 2. The molecule has 1 saturated heterocycles. The van der Waals surface area contributed by atoms with Gasteiger partial charge in [0.1, 0.15) is 4.90 Å². The highest BCUT2D eigenvalue weighted by molar-refractivity contribution is 7.89. The Kier molecular flexibility index (Phi) is 3.19. The van der Waals surface area contributed by atoms with Crippen molar-refractivity contribution in [3.63, 3.8) is 0 Å². The van der Waals surface area contributed by atoms with Crippen LogP contribution in [0, 0.1) is 5.92 Å². The number of hydrogen-bond donors (Lipinski definition) is 0. The van der Waals surface area contributed by atoms with Gasteiger partial charge in [0.05, 0.1) is 5.02 Å². The van der Waals surface area contributed by atoms with Crippen LogP contribution in [-0.4, -0.2) is 30.8 Å². The van der Waals surface area contributed by atoms with Crippen LogP contribution >= 0.6 is 11.6 Å². The van der Waals surface area contributed by atoms with Gasteiger partial charge in [0, 0.05) is 25.5 Å². The van der Waals surface area contributed by atoms with Crippen LogP contribution in [-0.2, 0) is 10.0 Å². The van der Waals surface area contributed by atoms with Crippen LogP contribution in [0.15, 0.2) is 23.4 Å². The summed E-state index contributed by atoms with van der Waals surface area (Å²) >= 11 is 5.88. The van der Waals surface area contributed by atoms with E-state index in [1.54, 1.807) is 0 Å². The van der Waals surface area contributed by atoms with Gasteiger partial charge in [-0.05, 0) is 18.4 Å². The maximum atomic E-state index is 12.2. The average Bonchev–Trinajstić information content (AvgIpc) is 2.66. The van der Waals surface area contributed by atoms with Gasteiger partial charge in [-0.15, -0.1) is 0 Å². The van der Waals surface area contributed by atoms with Crippen molar-refractivity contribution in [2.75, 3.05) is 13.1 Å². The van der Waals surface area contributed by atoms with Gasteiger partial charge in [0.25, 0.3) is 0 Å². The molecule has 0 saturated carbocycles. The average molecular weight is 261 g/mol. The Morgan fingerprint density at radius 1 is 1.56 bits per heavy atom. The molecule has 2 rings (SSSR count). The smallest absolute Gasteiger partial charge is 0.246 e. The van der Waals surface area contributed by atoms with Gasteiger partial charge in [-0.25, -0.2) is 8.42 Å². The Morgan fingerprint density at radius 3 is 2.88 bits per heavy atom. The summed E-state index contributed by atoms with van der Waals surface area (Å²) in [6.07, 6.45) is 3.69. The van der Waals surface area contributed by atoms with E-state index in [0.29, 0.717) is 19.0 Å². The van der Waals surface area contributed by atoms with Crippen LogP contribution in [0.4, 0.5) is 0 Å². The first-order valence-electron chi connectivity index (χ1n) is 5.11. The summed E-state index contributed by atoms with van der Waals surface area (Å²) < 4.78 is 25.9. The molecule has 1 unspecified atom stereocenters. The molecule has 1 atom stereocenters. The molecule has 1 aliphatic heterocycles. The SMILES string of the molecule is CC1CCN(S(=O)(=O)c2cnccc2Cl)C1. The van der Waals surface area contributed by atoms with E-state index in [4.69, 9.17) is 11.6 Å². The quantitative estimate of drug-likeness (QED) is 0.814. The van der Waals surface area contributed by atoms with E-state index < -0.39 is 10.0 Å². The van der Waals surface area contributed by atoms with E-state index in [0.717, 1.165) is 6.42 Å². The molecular weight excluding hydrogens is 248 g/mol. The van der Waals surface area contributed by atoms with Crippen LogP contribution in [0.1, 0.15) is 13.3 Å². The van der Waals surface area contributed by atoms with Gasteiger partial charge in [-0.2, -0.15) is 4.31 Å². The highest BCUT2D eigenvalue weighted by Crippen LogP contribution is 2.27. The molecule has 0 bridgehead atoms.